The molecule has 2 aromatic carbocycles. The van der Waals surface area contributed by atoms with Crippen LogP contribution >= 0.6 is 0 Å². The van der Waals surface area contributed by atoms with E-state index in [9.17, 15) is 9.59 Å². The summed E-state index contributed by atoms with van der Waals surface area (Å²) in [6.45, 7) is 5.17. The van der Waals surface area contributed by atoms with Gasteiger partial charge in [0.1, 0.15) is 6.04 Å². The monoisotopic (exact) mass is 405 g/mol. The number of hydrogen-bond donors (Lipinski definition) is 1. The molecule has 0 spiro atoms. The number of carbonyl (C=O) groups excluding carboxylic acids is 2. The summed E-state index contributed by atoms with van der Waals surface area (Å²) < 4.78 is 0. The van der Waals surface area contributed by atoms with Crippen molar-refractivity contribution < 1.29 is 9.59 Å². The Kier molecular flexibility index (Phi) is 6.48. The number of aryl methyl sites for hydroxylation is 1. The number of nitrogens with zero attached hydrogens (tertiary/aromatic N) is 2. The van der Waals surface area contributed by atoms with Crippen LogP contribution in [0.4, 0.5) is 0 Å². The van der Waals surface area contributed by atoms with Crippen LogP contribution < -0.4 is 5.32 Å². The molecular weight excluding hydrogens is 374 g/mol. The molecule has 5 heteroatoms. The summed E-state index contributed by atoms with van der Waals surface area (Å²) >= 11 is 0. The van der Waals surface area contributed by atoms with Gasteiger partial charge in [0.2, 0.25) is 11.8 Å². The normalized spacial score (nSPS) is 19.2. The lowest BCUT2D eigenvalue weighted by molar-refractivity contribution is -0.139. The van der Waals surface area contributed by atoms with Crippen molar-refractivity contribution >= 4 is 11.8 Å². The molecular formula is C25H31N3O2. The first kappa shape index (κ1) is 20.6. The Bertz CT molecular complexity index is 888. The average Bonchev–Trinajstić information content (AvgIpc) is 2.79. The van der Waals surface area contributed by atoms with Crippen LogP contribution in [0.1, 0.15) is 47.6 Å². The Balaban J connectivity index is 1.46. The first-order valence-electron chi connectivity index (χ1n) is 11.0. The summed E-state index contributed by atoms with van der Waals surface area (Å²) in [6, 6.07) is 16.0. The molecule has 1 N–H and O–H groups in total. The van der Waals surface area contributed by atoms with Crippen molar-refractivity contribution in [1.82, 2.24) is 15.1 Å². The fourth-order valence-corrected chi connectivity index (χ4v) is 4.51. The smallest absolute Gasteiger partial charge is 0.244 e. The highest BCUT2D eigenvalue weighted by Gasteiger charge is 2.36. The molecule has 0 aromatic heterocycles. The van der Waals surface area contributed by atoms with Crippen LogP contribution in [0.25, 0.3) is 0 Å². The first-order valence-corrected chi connectivity index (χ1v) is 11.0. The van der Waals surface area contributed by atoms with Crippen LogP contribution in [0.5, 0.6) is 0 Å². The Morgan fingerprint density at radius 2 is 1.70 bits per heavy atom. The van der Waals surface area contributed by atoms with E-state index in [1.807, 2.05) is 29.2 Å². The molecule has 0 unspecified atom stereocenters. The van der Waals surface area contributed by atoms with Gasteiger partial charge in [0.05, 0.1) is 6.54 Å². The predicted molar refractivity (Wildman–Crippen MR) is 118 cm³/mol. The van der Waals surface area contributed by atoms with E-state index < -0.39 is 0 Å². The van der Waals surface area contributed by atoms with Gasteiger partial charge in [0, 0.05) is 26.2 Å². The number of fused-ring (bicyclic) bond motifs is 1. The van der Waals surface area contributed by atoms with Gasteiger partial charge >= 0.3 is 0 Å². The van der Waals surface area contributed by atoms with E-state index in [2.05, 4.69) is 41.4 Å². The van der Waals surface area contributed by atoms with Crippen molar-refractivity contribution in [3.05, 3.63) is 70.8 Å². The maximum atomic E-state index is 13.5. The molecule has 0 saturated carbocycles. The van der Waals surface area contributed by atoms with Gasteiger partial charge < -0.3 is 10.2 Å². The van der Waals surface area contributed by atoms with Crippen molar-refractivity contribution in [2.45, 2.75) is 45.2 Å². The zero-order valence-electron chi connectivity index (χ0n) is 17.8. The molecule has 2 aromatic rings. The number of benzene rings is 2. The molecule has 1 atom stereocenters. The third-order valence-corrected chi connectivity index (χ3v) is 6.24. The molecule has 1 fully saturated rings. The van der Waals surface area contributed by atoms with E-state index in [-0.39, 0.29) is 24.4 Å². The minimum atomic E-state index is -0.363. The molecule has 0 aliphatic carbocycles. The van der Waals surface area contributed by atoms with E-state index in [4.69, 9.17) is 0 Å². The van der Waals surface area contributed by atoms with Crippen molar-refractivity contribution in [2.24, 2.45) is 0 Å². The second-order valence-corrected chi connectivity index (χ2v) is 8.47. The number of hydrogen-bond acceptors (Lipinski definition) is 3. The summed E-state index contributed by atoms with van der Waals surface area (Å²) in [5.74, 6) is 0.111. The van der Waals surface area contributed by atoms with E-state index in [1.54, 1.807) is 0 Å². The third kappa shape index (κ3) is 4.73. The van der Waals surface area contributed by atoms with Gasteiger partial charge in [-0.05, 0) is 49.3 Å². The molecule has 2 aliphatic rings. The number of amides is 2. The highest BCUT2D eigenvalue weighted by molar-refractivity contribution is 5.85. The number of rotatable bonds is 5. The van der Waals surface area contributed by atoms with Crippen molar-refractivity contribution in [1.29, 1.82) is 0 Å². The fourth-order valence-electron chi connectivity index (χ4n) is 4.51. The molecule has 2 heterocycles. The molecule has 2 amide bonds. The molecule has 4 rings (SSSR count). The lowest BCUT2D eigenvalue weighted by Gasteiger charge is -2.39. The van der Waals surface area contributed by atoms with Gasteiger partial charge in [0.25, 0.3) is 0 Å². The first-order chi connectivity index (χ1) is 14.6. The van der Waals surface area contributed by atoms with Gasteiger partial charge in [-0.25, -0.2) is 0 Å². The molecule has 30 heavy (non-hydrogen) atoms. The lowest BCUT2D eigenvalue weighted by atomic mass is 9.91. The average molecular weight is 406 g/mol. The molecule has 5 nitrogen and oxygen atoms in total. The van der Waals surface area contributed by atoms with Gasteiger partial charge in [-0.15, -0.1) is 0 Å². The van der Waals surface area contributed by atoms with E-state index >= 15 is 0 Å². The number of likely N-dealkylation sites (tertiary alicyclic amines) is 1. The molecule has 1 saturated heterocycles. The highest BCUT2D eigenvalue weighted by Crippen LogP contribution is 2.31. The second kappa shape index (κ2) is 9.43. The van der Waals surface area contributed by atoms with Crippen LogP contribution in [0.15, 0.2) is 48.5 Å². The predicted octanol–water partition coefficient (Wildman–Crippen LogP) is 3.22. The lowest BCUT2D eigenvalue weighted by Crippen LogP contribution is -2.50. The minimum absolute atomic E-state index is 0.0357. The fraction of sp³-hybridized carbons (Fsp3) is 0.440. The van der Waals surface area contributed by atoms with Crippen LogP contribution in [0.2, 0.25) is 0 Å². The zero-order chi connectivity index (χ0) is 20.9. The van der Waals surface area contributed by atoms with E-state index in [1.165, 1.54) is 17.5 Å². The summed E-state index contributed by atoms with van der Waals surface area (Å²) in [5.41, 5.74) is 4.57. The Morgan fingerprint density at radius 3 is 2.47 bits per heavy atom. The van der Waals surface area contributed by atoms with Crippen molar-refractivity contribution in [2.75, 3.05) is 26.2 Å². The van der Waals surface area contributed by atoms with Crippen LogP contribution in [-0.2, 0) is 22.6 Å². The largest absolute Gasteiger partial charge is 0.351 e. The number of piperidine rings is 1. The summed E-state index contributed by atoms with van der Waals surface area (Å²) in [4.78, 5) is 30.3. The van der Waals surface area contributed by atoms with Crippen molar-refractivity contribution in [3.8, 4) is 0 Å². The molecule has 158 valence electrons. The highest BCUT2D eigenvalue weighted by atomic mass is 16.2. The number of nitrogens with one attached hydrogen (secondary N) is 1. The maximum Gasteiger partial charge on any atom is 0.244 e. The molecule has 0 radical (unpaired) electrons. The SMILES string of the molecule is Cc1ccc(CNC(=O)CN2CCc3ccccc3[C@H]2C(=O)N2CCCCC2)cc1. The Hall–Kier alpha value is -2.66. The molecule has 2 aliphatic heterocycles. The Labute approximate surface area is 179 Å². The van der Waals surface area contributed by atoms with Crippen LogP contribution in [-0.4, -0.2) is 47.8 Å². The summed E-state index contributed by atoms with van der Waals surface area (Å²) in [7, 11) is 0. The van der Waals surface area contributed by atoms with E-state index in [0.717, 1.165) is 50.0 Å². The quantitative estimate of drug-likeness (QED) is 0.831. The maximum absolute atomic E-state index is 13.5. The van der Waals surface area contributed by atoms with Crippen molar-refractivity contribution in [3.63, 3.8) is 0 Å². The van der Waals surface area contributed by atoms with Gasteiger partial charge in [-0.2, -0.15) is 0 Å². The third-order valence-electron chi connectivity index (χ3n) is 6.24. The van der Waals surface area contributed by atoms with Crippen LogP contribution in [0, 0.1) is 6.92 Å². The molecule has 0 bridgehead atoms. The Morgan fingerprint density at radius 1 is 0.967 bits per heavy atom. The zero-order valence-corrected chi connectivity index (χ0v) is 17.8. The van der Waals surface area contributed by atoms with Gasteiger partial charge in [-0.3, -0.25) is 14.5 Å². The summed E-state index contributed by atoms with van der Waals surface area (Å²) in [5, 5.41) is 3.02. The minimum Gasteiger partial charge on any atom is -0.351 e. The van der Waals surface area contributed by atoms with Gasteiger partial charge in [-0.1, -0.05) is 54.1 Å². The van der Waals surface area contributed by atoms with Gasteiger partial charge in [0.15, 0.2) is 0 Å². The summed E-state index contributed by atoms with van der Waals surface area (Å²) in [6.07, 6.45) is 4.19. The van der Waals surface area contributed by atoms with E-state index in [0.29, 0.717) is 6.54 Å². The standard InChI is InChI=1S/C25H31N3O2/c1-19-9-11-20(12-10-19)17-26-23(29)18-28-16-13-21-7-3-4-8-22(21)24(28)25(30)27-14-5-2-6-15-27/h3-4,7-12,24H,2,5-6,13-18H2,1H3,(H,26,29)/t24-/m0/s1. The van der Waals surface area contributed by atoms with Crippen LogP contribution in [0.3, 0.4) is 0 Å². The topological polar surface area (TPSA) is 52.7 Å². The number of carbonyl (C=O) groups is 2. The second-order valence-electron chi connectivity index (χ2n) is 8.47.